The maximum absolute atomic E-state index is 12.3. The zero-order valence-corrected chi connectivity index (χ0v) is 19.6. The van der Waals surface area contributed by atoms with Crippen molar-refractivity contribution < 1.29 is 28.6 Å². The molecule has 6 heteroatoms. The fraction of sp³-hybridized carbons (Fsp3) is 0.100. The lowest BCUT2D eigenvalue weighted by atomic mass is 10.2. The van der Waals surface area contributed by atoms with Crippen LogP contribution in [0.2, 0.25) is 0 Å². The van der Waals surface area contributed by atoms with E-state index in [0.717, 1.165) is 16.7 Å². The Morgan fingerprint density at radius 1 is 0.528 bits per heavy atom. The molecule has 1 unspecified atom stereocenters. The minimum Gasteiger partial charge on any atom is -0.458 e. The molecule has 0 saturated carbocycles. The van der Waals surface area contributed by atoms with Crippen molar-refractivity contribution in [2.75, 3.05) is 13.2 Å². The van der Waals surface area contributed by atoms with Crippen LogP contribution in [0.1, 0.15) is 16.7 Å². The van der Waals surface area contributed by atoms with E-state index in [9.17, 15) is 14.4 Å². The molecule has 0 aliphatic rings. The second-order valence-corrected chi connectivity index (χ2v) is 7.55. The van der Waals surface area contributed by atoms with Gasteiger partial charge in [0.2, 0.25) is 0 Å². The third kappa shape index (κ3) is 10.1. The summed E-state index contributed by atoms with van der Waals surface area (Å²) in [6, 6.07) is 27.8. The second kappa shape index (κ2) is 14.5. The molecular formula is C30H26O6. The van der Waals surface area contributed by atoms with Crippen LogP contribution in [0.5, 0.6) is 0 Å². The second-order valence-electron chi connectivity index (χ2n) is 7.55. The molecule has 0 amide bonds. The lowest BCUT2D eigenvalue weighted by molar-refractivity contribution is -0.160. The zero-order chi connectivity index (χ0) is 25.4. The Bertz CT molecular complexity index is 1130. The van der Waals surface area contributed by atoms with Crippen LogP contribution in [-0.2, 0) is 28.6 Å². The molecule has 0 aliphatic heterocycles. The zero-order valence-electron chi connectivity index (χ0n) is 19.6. The first-order chi connectivity index (χ1) is 17.6. The van der Waals surface area contributed by atoms with Gasteiger partial charge in [-0.05, 0) is 34.9 Å². The smallest absolute Gasteiger partial charge is 0.331 e. The summed E-state index contributed by atoms with van der Waals surface area (Å²) in [5.41, 5.74) is 2.49. The molecule has 3 aromatic rings. The van der Waals surface area contributed by atoms with Crippen molar-refractivity contribution in [3.05, 3.63) is 126 Å². The van der Waals surface area contributed by atoms with Gasteiger partial charge in [0.1, 0.15) is 13.2 Å². The Morgan fingerprint density at radius 2 is 0.861 bits per heavy atom. The van der Waals surface area contributed by atoms with E-state index >= 15 is 0 Å². The van der Waals surface area contributed by atoms with Crippen LogP contribution in [-0.4, -0.2) is 37.2 Å². The van der Waals surface area contributed by atoms with Gasteiger partial charge in [0.25, 0.3) is 0 Å². The maximum atomic E-state index is 12.3. The number of hydrogen-bond donors (Lipinski definition) is 0. The quantitative estimate of drug-likeness (QED) is 0.214. The van der Waals surface area contributed by atoms with Gasteiger partial charge in [0.15, 0.2) is 6.10 Å². The highest BCUT2D eigenvalue weighted by Crippen LogP contribution is 2.06. The van der Waals surface area contributed by atoms with E-state index in [1.165, 1.54) is 18.2 Å². The van der Waals surface area contributed by atoms with Crippen LogP contribution in [0.3, 0.4) is 0 Å². The number of hydrogen-bond acceptors (Lipinski definition) is 6. The molecule has 3 rings (SSSR count). The Morgan fingerprint density at radius 3 is 1.22 bits per heavy atom. The molecule has 0 N–H and O–H groups in total. The minimum atomic E-state index is -0.985. The molecule has 1 atom stereocenters. The first-order valence-corrected chi connectivity index (χ1v) is 11.3. The number of benzene rings is 3. The van der Waals surface area contributed by atoms with Gasteiger partial charge in [-0.25, -0.2) is 14.4 Å². The van der Waals surface area contributed by atoms with Crippen molar-refractivity contribution in [1.82, 2.24) is 0 Å². The van der Waals surface area contributed by atoms with Crippen LogP contribution < -0.4 is 0 Å². The summed E-state index contributed by atoms with van der Waals surface area (Å²) in [6.07, 6.45) is 7.65. The first-order valence-electron chi connectivity index (χ1n) is 11.3. The van der Waals surface area contributed by atoms with Gasteiger partial charge in [-0.3, -0.25) is 0 Å². The summed E-state index contributed by atoms with van der Waals surface area (Å²) in [7, 11) is 0. The van der Waals surface area contributed by atoms with Crippen molar-refractivity contribution in [3.8, 4) is 0 Å². The minimum absolute atomic E-state index is 0.279. The standard InChI is InChI=1S/C30H26O6/c31-28(19-16-24-10-4-1-5-11-24)34-22-27(36-30(33)21-18-26-14-8-3-9-15-26)23-35-29(32)20-17-25-12-6-2-7-13-25/h1-21,27H,22-23H2/b19-16-,20-17+,21-18-. The molecular weight excluding hydrogens is 456 g/mol. The van der Waals surface area contributed by atoms with Gasteiger partial charge in [0, 0.05) is 18.2 Å². The van der Waals surface area contributed by atoms with Crippen LogP contribution >= 0.6 is 0 Å². The van der Waals surface area contributed by atoms with E-state index in [1.54, 1.807) is 18.2 Å². The molecule has 0 aromatic heterocycles. The van der Waals surface area contributed by atoms with E-state index in [-0.39, 0.29) is 13.2 Å². The maximum Gasteiger partial charge on any atom is 0.331 e. The van der Waals surface area contributed by atoms with Crippen molar-refractivity contribution in [1.29, 1.82) is 0 Å². The van der Waals surface area contributed by atoms with E-state index in [4.69, 9.17) is 14.2 Å². The number of carbonyl (C=O) groups is 3. The number of esters is 3. The molecule has 0 spiro atoms. The average Bonchev–Trinajstić information content (AvgIpc) is 2.92. The number of carbonyl (C=O) groups excluding carboxylic acids is 3. The normalized spacial score (nSPS) is 12.0. The van der Waals surface area contributed by atoms with E-state index < -0.39 is 24.0 Å². The fourth-order valence-corrected chi connectivity index (χ4v) is 2.95. The molecule has 0 heterocycles. The Labute approximate surface area is 210 Å². The number of rotatable bonds is 11. The Hall–Kier alpha value is -4.71. The summed E-state index contributed by atoms with van der Waals surface area (Å²) in [5, 5.41) is 0. The van der Waals surface area contributed by atoms with Crippen LogP contribution in [0.15, 0.2) is 109 Å². The van der Waals surface area contributed by atoms with Gasteiger partial charge in [-0.2, -0.15) is 0 Å². The predicted octanol–water partition coefficient (Wildman–Crippen LogP) is 5.12. The highest BCUT2D eigenvalue weighted by Gasteiger charge is 2.17. The summed E-state index contributed by atoms with van der Waals surface area (Å²) < 4.78 is 15.8. The molecule has 0 bridgehead atoms. The first kappa shape index (κ1) is 25.9. The van der Waals surface area contributed by atoms with Crippen molar-refractivity contribution in [2.24, 2.45) is 0 Å². The summed E-state index contributed by atoms with van der Waals surface area (Å²) >= 11 is 0. The molecule has 6 nitrogen and oxygen atoms in total. The molecule has 3 aromatic carbocycles. The predicted molar refractivity (Wildman–Crippen MR) is 138 cm³/mol. The van der Waals surface area contributed by atoms with Gasteiger partial charge in [0.05, 0.1) is 0 Å². The fourth-order valence-electron chi connectivity index (χ4n) is 2.95. The van der Waals surface area contributed by atoms with Crippen LogP contribution in [0.4, 0.5) is 0 Å². The summed E-state index contributed by atoms with van der Waals surface area (Å²) in [5.74, 6) is -1.89. The van der Waals surface area contributed by atoms with Gasteiger partial charge in [-0.1, -0.05) is 91.0 Å². The van der Waals surface area contributed by atoms with E-state index in [0.29, 0.717) is 0 Å². The third-order valence-corrected chi connectivity index (χ3v) is 4.74. The molecule has 0 saturated heterocycles. The lowest BCUT2D eigenvalue weighted by Gasteiger charge is -2.16. The van der Waals surface area contributed by atoms with Crippen LogP contribution in [0.25, 0.3) is 18.2 Å². The molecule has 36 heavy (non-hydrogen) atoms. The number of ether oxygens (including phenoxy) is 3. The van der Waals surface area contributed by atoms with Gasteiger partial charge >= 0.3 is 17.9 Å². The lowest BCUT2D eigenvalue weighted by Crippen LogP contribution is -2.29. The molecule has 0 fully saturated rings. The van der Waals surface area contributed by atoms with E-state index in [1.807, 2.05) is 91.0 Å². The van der Waals surface area contributed by atoms with Gasteiger partial charge in [-0.15, -0.1) is 0 Å². The largest absolute Gasteiger partial charge is 0.458 e. The molecule has 0 radical (unpaired) electrons. The highest BCUT2D eigenvalue weighted by molar-refractivity contribution is 5.88. The molecule has 0 aliphatic carbocycles. The average molecular weight is 483 g/mol. The summed E-state index contributed by atoms with van der Waals surface area (Å²) in [6.45, 7) is -0.558. The van der Waals surface area contributed by atoms with Crippen molar-refractivity contribution in [2.45, 2.75) is 6.10 Å². The molecule has 182 valence electrons. The summed E-state index contributed by atoms with van der Waals surface area (Å²) in [4.78, 5) is 36.6. The monoisotopic (exact) mass is 482 g/mol. The van der Waals surface area contributed by atoms with Crippen LogP contribution in [0, 0.1) is 0 Å². The topological polar surface area (TPSA) is 78.9 Å². The SMILES string of the molecule is O=C(/C=C\c1ccccc1)OCC(COC(=O)/C=C/c1ccccc1)OC(=O)/C=C\c1ccccc1. The van der Waals surface area contributed by atoms with Crippen molar-refractivity contribution >= 4 is 36.1 Å². The Kier molecular flexibility index (Phi) is 10.5. The Balaban J connectivity index is 1.56. The third-order valence-electron chi connectivity index (χ3n) is 4.74. The van der Waals surface area contributed by atoms with Crippen molar-refractivity contribution in [3.63, 3.8) is 0 Å². The van der Waals surface area contributed by atoms with E-state index in [2.05, 4.69) is 0 Å². The van der Waals surface area contributed by atoms with Gasteiger partial charge < -0.3 is 14.2 Å². The highest BCUT2D eigenvalue weighted by atomic mass is 16.6.